The van der Waals surface area contributed by atoms with Gasteiger partial charge >= 0.3 is 0 Å². The largest absolute Gasteiger partial charge is 0.288 e. The van der Waals surface area contributed by atoms with E-state index in [0.29, 0.717) is 29.5 Å². The molecule has 146 valence electrons. The second kappa shape index (κ2) is 8.79. The molecular formula is C22H20N4O2S. The maximum absolute atomic E-state index is 12.4. The second-order valence-electron chi connectivity index (χ2n) is 6.67. The summed E-state index contributed by atoms with van der Waals surface area (Å²) < 4.78 is 0. The molecule has 2 aromatic carbocycles. The lowest BCUT2D eigenvalue weighted by Gasteiger charge is -2.10. The number of rotatable bonds is 6. The van der Waals surface area contributed by atoms with E-state index in [1.807, 2.05) is 66.0 Å². The number of benzene rings is 2. The van der Waals surface area contributed by atoms with Gasteiger partial charge in [-0.15, -0.1) is 11.3 Å². The molecule has 1 aliphatic rings. The molecule has 1 saturated heterocycles. The number of amides is 2. The van der Waals surface area contributed by atoms with Crippen molar-refractivity contribution < 1.29 is 9.59 Å². The van der Waals surface area contributed by atoms with E-state index in [9.17, 15) is 9.59 Å². The zero-order valence-electron chi connectivity index (χ0n) is 15.7. The quantitative estimate of drug-likeness (QED) is 0.506. The Bertz CT molecular complexity index is 990. The van der Waals surface area contributed by atoms with Crippen LogP contribution in [-0.2, 0) is 16.0 Å². The van der Waals surface area contributed by atoms with E-state index in [-0.39, 0.29) is 18.2 Å². The Morgan fingerprint density at radius 2 is 1.72 bits per heavy atom. The number of hydrogen-bond donors (Lipinski definition) is 1. The van der Waals surface area contributed by atoms with Gasteiger partial charge in [-0.1, -0.05) is 60.7 Å². The third kappa shape index (κ3) is 4.57. The van der Waals surface area contributed by atoms with E-state index in [1.165, 1.54) is 11.3 Å². The zero-order chi connectivity index (χ0) is 20.1. The Kier molecular flexibility index (Phi) is 5.76. The Labute approximate surface area is 172 Å². The van der Waals surface area contributed by atoms with Crippen LogP contribution in [0.25, 0.3) is 0 Å². The van der Waals surface area contributed by atoms with E-state index >= 15 is 0 Å². The standard InChI is InChI=1S/C22H20N4O2S/c27-19(14-18-15-29-22(23-18)26-13-7-12-20(26)28)24-25-21(16-8-3-1-4-9-16)17-10-5-2-6-11-17/h1-6,8-11,15H,7,12-14H2,(H,24,27). The van der Waals surface area contributed by atoms with E-state index in [4.69, 9.17) is 0 Å². The van der Waals surface area contributed by atoms with Crippen molar-refractivity contribution in [3.8, 4) is 0 Å². The van der Waals surface area contributed by atoms with Crippen LogP contribution in [0.15, 0.2) is 71.1 Å². The van der Waals surface area contributed by atoms with Gasteiger partial charge in [0.05, 0.1) is 17.8 Å². The number of aromatic nitrogens is 1. The molecule has 1 N–H and O–H groups in total. The number of nitrogens with zero attached hydrogens (tertiary/aromatic N) is 3. The molecule has 6 nitrogen and oxygen atoms in total. The van der Waals surface area contributed by atoms with E-state index < -0.39 is 0 Å². The first-order valence-corrected chi connectivity index (χ1v) is 10.3. The van der Waals surface area contributed by atoms with Crippen LogP contribution in [0.3, 0.4) is 0 Å². The van der Waals surface area contributed by atoms with Gasteiger partial charge in [0, 0.05) is 29.5 Å². The molecule has 7 heteroatoms. The minimum absolute atomic E-state index is 0.0929. The lowest BCUT2D eigenvalue weighted by Crippen LogP contribution is -2.24. The second-order valence-corrected chi connectivity index (χ2v) is 7.51. The molecule has 1 aromatic heterocycles. The Morgan fingerprint density at radius 3 is 2.31 bits per heavy atom. The number of nitrogens with one attached hydrogen (secondary N) is 1. The first kappa shape index (κ1) is 19.0. The summed E-state index contributed by atoms with van der Waals surface area (Å²) in [7, 11) is 0. The summed E-state index contributed by atoms with van der Waals surface area (Å²) in [6.07, 6.45) is 1.52. The van der Waals surface area contributed by atoms with Crippen molar-refractivity contribution in [2.45, 2.75) is 19.3 Å². The molecule has 2 amide bonds. The summed E-state index contributed by atoms with van der Waals surface area (Å²) in [5.74, 6) is -0.158. The fourth-order valence-corrected chi connectivity index (χ4v) is 4.03. The number of carbonyl (C=O) groups excluding carboxylic acids is 2. The molecule has 2 heterocycles. The van der Waals surface area contributed by atoms with E-state index in [2.05, 4.69) is 15.5 Å². The SMILES string of the molecule is O=C(Cc1csc(N2CCCC2=O)n1)NN=C(c1ccccc1)c1ccccc1. The summed E-state index contributed by atoms with van der Waals surface area (Å²) in [5, 5.41) is 6.86. The number of hydrazone groups is 1. The van der Waals surface area contributed by atoms with Gasteiger partial charge in [0.15, 0.2) is 5.13 Å². The highest BCUT2D eigenvalue weighted by atomic mass is 32.1. The summed E-state index contributed by atoms with van der Waals surface area (Å²) in [4.78, 5) is 30.4. The molecule has 29 heavy (non-hydrogen) atoms. The number of anilines is 1. The third-order valence-electron chi connectivity index (χ3n) is 4.57. The maximum Gasteiger partial charge on any atom is 0.246 e. The number of carbonyl (C=O) groups is 2. The molecule has 0 unspecified atom stereocenters. The molecule has 0 atom stereocenters. The van der Waals surface area contributed by atoms with Gasteiger partial charge in [-0.05, 0) is 6.42 Å². The predicted octanol–water partition coefficient (Wildman–Crippen LogP) is 3.38. The van der Waals surface area contributed by atoms with Crippen LogP contribution < -0.4 is 10.3 Å². The van der Waals surface area contributed by atoms with Crippen molar-refractivity contribution >= 4 is 34.0 Å². The Morgan fingerprint density at radius 1 is 1.07 bits per heavy atom. The average Bonchev–Trinajstić information content (AvgIpc) is 3.38. The van der Waals surface area contributed by atoms with Gasteiger partial charge in [0.1, 0.15) is 0 Å². The normalized spacial score (nSPS) is 13.4. The van der Waals surface area contributed by atoms with Crippen molar-refractivity contribution in [1.29, 1.82) is 0 Å². The monoisotopic (exact) mass is 404 g/mol. The topological polar surface area (TPSA) is 74.7 Å². The highest BCUT2D eigenvalue weighted by molar-refractivity contribution is 7.14. The van der Waals surface area contributed by atoms with Gasteiger partial charge in [-0.2, -0.15) is 5.10 Å². The van der Waals surface area contributed by atoms with Gasteiger partial charge in [0.25, 0.3) is 0 Å². The smallest absolute Gasteiger partial charge is 0.246 e. The molecule has 4 rings (SSSR count). The molecule has 3 aromatic rings. The third-order valence-corrected chi connectivity index (χ3v) is 5.48. The van der Waals surface area contributed by atoms with Gasteiger partial charge < -0.3 is 0 Å². The fraction of sp³-hybridized carbons (Fsp3) is 0.182. The van der Waals surface area contributed by atoms with Crippen molar-refractivity contribution in [3.05, 3.63) is 82.9 Å². The molecule has 1 aliphatic heterocycles. The lowest BCUT2D eigenvalue weighted by molar-refractivity contribution is -0.120. The minimum Gasteiger partial charge on any atom is -0.288 e. The van der Waals surface area contributed by atoms with E-state index in [1.54, 1.807) is 4.90 Å². The van der Waals surface area contributed by atoms with Crippen LogP contribution >= 0.6 is 11.3 Å². The number of thiazole rings is 1. The van der Waals surface area contributed by atoms with Crippen LogP contribution in [0.2, 0.25) is 0 Å². The van der Waals surface area contributed by atoms with E-state index in [0.717, 1.165) is 17.5 Å². The van der Waals surface area contributed by atoms with Crippen LogP contribution in [0.4, 0.5) is 5.13 Å². The molecule has 0 spiro atoms. The molecule has 0 bridgehead atoms. The molecule has 1 fully saturated rings. The highest BCUT2D eigenvalue weighted by Crippen LogP contribution is 2.25. The summed E-state index contributed by atoms with van der Waals surface area (Å²) in [6.45, 7) is 0.694. The summed E-state index contributed by atoms with van der Waals surface area (Å²) >= 11 is 1.39. The maximum atomic E-state index is 12.4. The first-order chi connectivity index (χ1) is 14.2. The average molecular weight is 404 g/mol. The van der Waals surface area contributed by atoms with Crippen LogP contribution in [0, 0.1) is 0 Å². The Hall–Kier alpha value is -3.32. The van der Waals surface area contributed by atoms with Gasteiger partial charge in [0.2, 0.25) is 11.8 Å². The Balaban J connectivity index is 1.47. The molecule has 0 radical (unpaired) electrons. The van der Waals surface area contributed by atoms with Crippen molar-refractivity contribution in [2.24, 2.45) is 5.10 Å². The highest BCUT2D eigenvalue weighted by Gasteiger charge is 2.24. The molecular weight excluding hydrogens is 384 g/mol. The summed E-state index contributed by atoms with van der Waals surface area (Å²) in [6, 6.07) is 19.5. The van der Waals surface area contributed by atoms with Crippen molar-refractivity contribution in [1.82, 2.24) is 10.4 Å². The fourth-order valence-electron chi connectivity index (χ4n) is 3.16. The van der Waals surface area contributed by atoms with Crippen molar-refractivity contribution in [2.75, 3.05) is 11.4 Å². The van der Waals surface area contributed by atoms with Crippen LogP contribution in [0.1, 0.15) is 29.7 Å². The van der Waals surface area contributed by atoms with Gasteiger partial charge in [-0.25, -0.2) is 10.4 Å². The summed E-state index contributed by atoms with van der Waals surface area (Å²) in [5.41, 5.74) is 5.82. The lowest BCUT2D eigenvalue weighted by atomic mass is 10.0. The van der Waals surface area contributed by atoms with Crippen LogP contribution in [0.5, 0.6) is 0 Å². The van der Waals surface area contributed by atoms with Crippen molar-refractivity contribution in [3.63, 3.8) is 0 Å². The van der Waals surface area contributed by atoms with Crippen LogP contribution in [-0.4, -0.2) is 29.1 Å². The molecule has 0 aliphatic carbocycles. The minimum atomic E-state index is -0.251. The number of hydrogen-bond acceptors (Lipinski definition) is 5. The first-order valence-electron chi connectivity index (χ1n) is 9.43. The molecule has 0 saturated carbocycles. The van der Waals surface area contributed by atoms with Gasteiger partial charge in [-0.3, -0.25) is 14.5 Å². The predicted molar refractivity (Wildman–Crippen MR) is 114 cm³/mol. The zero-order valence-corrected chi connectivity index (χ0v) is 16.6.